The van der Waals surface area contributed by atoms with Crippen LogP contribution in [0.1, 0.15) is 12.0 Å². The summed E-state index contributed by atoms with van der Waals surface area (Å²) in [5.41, 5.74) is 0.0831. The van der Waals surface area contributed by atoms with E-state index < -0.39 is 5.41 Å². The first kappa shape index (κ1) is 9.17. The van der Waals surface area contributed by atoms with Crippen LogP contribution in [0.4, 0.5) is 4.39 Å². The third-order valence-corrected chi connectivity index (χ3v) is 2.61. The van der Waals surface area contributed by atoms with Gasteiger partial charge in [0, 0.05) is 6.61 Å². The summed E-state index contributed by atoms with van der Waals surface area (Å²) in [4.78, 5) is 0. The molecule has 1 atom stereocenters. The van der Waals surface area contributed by atoms with Crippen molar-refractivity contribution in [2.45, 2.75) is 11.8 Å². The smallest absolute Gasteiger partial charge is 0.123 e. The van der Waals surface area contributed by atoms with Gasteiger partial charge in [0.05, 0.1) is 12.7 Å². The standard InChI is InChI=1S/C11H10FNO/c12-10-3-1-2-9(6-10)11(7-13)4-5-14-8-11/h1-3,6H,4-5,8H2/t11-/m1/s1. The Labute approximate surface area is 81.9 Å². The van der Waals surface area contributed by atoms with Crippen molar-refractivity contribution in [3.63, 3.8) is 0 Å². The van der Waals surface area contributed by atoms with Gasteiger partial charge in [0.1, 0.15) is 11.2 Å². The minimum Gasteiger partial charge on any atom is -0.379 e. The van der Waals surface area contributed by atoms with E-state index in [4.69, 9.17) is 10.00 Å². The van der Waals surface area contributed by atoms with Gasteiger partial charge in [-0.1, -0.05) is 12.1 Å². The highest BCUT2D eigenvalue weighted by Crippen LogP contribution is 2.32. The average Bonchev–Trinajstić information content (AvgIpc) is 2.67. The average molecular weight is 191 g/mol. The first-order chi connectivity index (χ1) is 6.77. The zero-order valence-electron chi connectivity index (χ0n) is 7.66. The molecule has 0 saturated carbocycles. The van der Waals surface area contributed by atoms with Gasteiger partial charge in [0.15, 0.2) is 0 Å². The molecule has 1 heterocycles. The number of nitriles is 1. The predicted octanol–water partition coefficient (Wildman–Crippen LogP) is 2.01. The van der Waals surface area contributed by atoms with Crippen molar-refractivity contribution in [3.8, 4) is 6.07 Å². The Morgan fingerprint density at radius 2 is 2.36 bits per heavy atom. The third-order valence-electron chi connectivity index (χ3n) is 2.61. The van der Waals surface area contributed by atoms with Gasteiger partial charge in [-0.2, -0.15) is 5.26 Å². The fourth-order valence-corrected chi connectivity index (χ4v) is 1.73. The molecule has 0 aromatic heterocycles. The van der Waals surface area contributed by atoms with Crippen LogP contribution in [0, 0.1) is 17.1 Å². The molecule has 0 spiro atoms. The van der Waals surface area contributed by atoms with Crippen molar-refractivity contribution < 1.29 is 9.13 Å². The number of halogens is 1. The normalized spacial score (nSPS) is 26.0. The number of rotatable bonds is 1. The summed E-state index contributed by atoms with van der Waals surface area (Å²) >= 11 is 0. The fraction of sp³-hybridized carbons (Fsp3) is 0.364. The Balaban J connectivity index is 2.42. The SMILES string of the molecule is N#C[C@]1(c2cccc(F)c2)CCOC1. The molecule has 0 radical (unpaired) electrons. The van der Waals surface area contributed by atoms with Gasteiger partial charge in [-0.15, -0.1) is 0 Å². The second-order valence-corrected chi connectivity index (χ2v) is 3.51. The lowest BCUT2D eigenvalue weighted by atomic mass is 9.81. The summed E-state index contributed by atoms with van der Waals surface area (Å²) in [5, 5.41) is 9.11. The van der Waals surface area contributed by atoms with Gasteiger partial charge in [-0.3, -0.25) is 0 Å². The van der Waals surface area contributed by atoms with E-state index in [9.17, 15) is 4.39 Å². The molecule has 0 N–H and O–H groups in total. The first-order valence-corrected chi connectivity index (χ1v) is 4.52. The Hall–Kier alpha value is -1.40. The zero-order chi connectivity index (χ0) is 10.0. The second kappa shape index (κ2) is 3.39. The summed E-state index contributed by atoms with van der Waals surface area (Å²) in [6.45, 7) is 0.941. The van der Waals surface area contributed by atoms with Gasteiger partial charge in [0.25, 0.3) is 0 Å². The van der Waals surface area contributed by atoms with E-state index in [-0.39, 0.29) is 5.82 Å². The minimum absolute atomic E-state index is 0.302. The van der Waals surface area contributed by atoms with Crippen molar-refractivity contribution in [1.82, 2.24) is 0 Å². The quantitative estimate of drug-likeness (QED) is 0.680. The van der Waals surface area contributed by atoms with Gasteiger partial charge in [0.2, 0.25) is 0 Å². The lowest BCUT2D eigenvalue weighted by Gasteiger charge is -2.18. The van der Waals surface area contributed by atoms with Gasteiger partial charge < -0.3 is 4.74 Å². The zero-order valence-corrected chi connectivity index (χ0v) is 7.66. The summed E-state index contributed by atoms with van der Waals surface area (Å²) in [6, 6.07) is 8.43. The lowest BCUT2D eigenvalue weighted by molar-refractivity contribution is 0.186. The molecule has 2 nitrogen and oxygen atoms in total. The van der Waals surface area contributed by atoms with Crippen molar-refractivity contribution in [3.05, 3.63) is 35.6 Å². The minimum atomic E-state index is -0.637. The molecule has 1 aromatic rings. The number of nitrogens with zero attached hydrogens (tertiary/aromatic N) is 1. The summed E-state index contributed by atoms with van der Waals surface area (Å²) in [6.07, 6.45) is 0.646. The van der Waals surface area contributed by atoms with Gasteiger partial charge in [-0.05, 0) is 24.1 Å². The Morgan fingerprint density at radius 3 is 2.93 bits per heavy atom. The van der Waals surface area contributed by atoms with Crippen LogP contribution in [-0.2, 0) is 10.2 Å². The van der Waals surface area contributed by atoms with Gasteiger partial charge >= 0.3 is 0 Å². The van der Waals surface area contributed by atoms with Crippen LogP contribution in [-0.4, -0.2) is 13.2 Å². The monoisotopic (exact) mass is 191 g/mol. The number of hydrogen-bond acceptors (Lipinski definition) is 2. The maximum Gasteiger partial charge on any atom is 0.123 e. The molecule has 0 unspecified atom stereocenters. The molecular formula is C11H10FNO. The lowest BCUT2D eigenvalue weighted by Crippen LogP contribution is -2.24. The van der Waals surface area contributed by atoms with E-state index in [0.29, 0.717) is 19.6 Å². The van der Waals surface area contributed by atoms with E-state index in [1.165, 1.54) is 12.1 Å². The predicted molar refractivity (Wildman–Crippen MR) is 49.1 cm³/mol. The van der Waals surface area contributed by atoms with Crippen molar-refractivity contribution >= 4 is 0 Å². The highest BCUT2D eigenvalue weighted by Gasteiger charge is 2.37. The van der Waals surface area contributed by atoms with E-state index in [1.807, 2.05) is 0 Å². The molecule has 1 aliphatic rings. The van der Waals surface area contributed by atoms with Crippen LogP contribution < -0.4 is 0 Å². The molecule has 1 fully saturated rings. The summed E-state index contributed by atoms with van der Waals surface area (Å²) in [7, 11) is 0. The number of hydrogen-bond donors (Lipinski definition) is 0. The van der Waals surface area contributed by atoms with Gasteiger partial charge in [-0.25, -0.2) is 4.39 Å². The molecule has 3 heteroatoms. The molecule has 72 valence electrons. The van der Waals surface area contributed by atoms with Crippen molar-refractivity contribution in [2.75, 3.05) is 13.2 Å². The van der Waals surface area contributed by atoms with Crippen LogP contribution in [0.2, 0.25) is 0 Å². The number of ether oxygens (including phenoxy) is 1. The summed E-state index contributed by atoms with van der Waals surface area (Å²) in [5.74, 6) is -0.302. The van der Waals surface area contributed by atoms with Crippen molar-refractivity contribution in [1.29, 1.82) is 5.26 Å². The van der Waals surface area contributed by atoms with Crippen LogP contribution in [0.3, 0.4) is 0 Å². The van der Waals surface area contributed by atoms with Crippen LogP contribution in [0.15, 0.2) is 24.3 Å². The van der Waals surface area contributed by atoms with Crippen LogP contribution in [0.5, 0.6) is 0 Å². The first-order valence-electron chi connectivity index (χ1n) is 4.52. The molecular weight excluding hydrogens is 181 g/mol. The molecule has 0 aliphatic carbocycles. The highest BCUT2D eigenvalue weighted by atomic mass is 19.1. The van der Waals surface area contributed by atoms with Crippen molar-refractivity contribution in [2.24, 2.45) is 0 Å². The Bertz CT molecular complexity index is 377. The van der Waals surface area contributed by atoms with Crippen LogP contribution >= 0.6 is 0 Å². The molecule has 2 rings (SSSR count). The third kappa shape index (κ3) is 1.38. The Kier molecular flexibility index (Phi) is 2.22. The fourth-order valence-electron chi connectivity index (χ4n) is 1.73. The maximum absolute atomic E-state index is 13.0. The Morgan fingerprint density at radius 1 is 1.50 bits per heavy atom. The molecule has 14 heavy (non-hydrogen) atoms. The largest absolute Gasteiger partial charge is 0.379 e. The molecule has 0 bridgehead atoms. The molecule has 1 aliphatic heterocycles. The topological polar surface area (TPSA) is 33.0 Å². The van der Waals surface area contributed by atoms with E-state index in [0.717, 1.165) is 5.56 Å². The highest BCUT2D eigenvalue weighted by molar-refractivity contribution is 5.33. The molecule has 0 amide bonds. The molecule has 1 saturated heterocycles. The van der Waals surface area contributed by atoms with Crippen LogP contribution in [0.25, 0.3) is 0 Å². The van der Waals surface area contributed by atoms with E-state index in [1.54, 1.807) is 12.1 Å². The second-order valence-electron chi connectivity index (χ2n) is 3.51. The van der Waals surface area contributed by atoms with E-state index >= 15 is 0 Å². The van der Waals surface area contributed by atoms with E-state index in [2.05, 4.69) is 6.07 Å². The summed E-state index contributed by atoms with van der Waals surface area (Å²) < 4.78 is 18.2. The number of benzene rings is 1. The molecule has 1 aromatic carbocycles. The maximum atomic E-state index is 13.0.